The second-order valence-electron chi connectivity index (χ2n) is 5.14. The van der Waals surface area contributed by atoms with Gasteiger partial charge in [0, 0.05) is 10.6 Å². The predicted molar refractivity (Wildman–Crippen MR) is 81.1 cm³/mol. The molecule has 0 bridgehead atoms. The summed E-state index contributed by atoms with van der Waals surface area (Å²) in [5.74, 6) is -0.973. The summed E-state index contributed by atoms with van der Waals surface area (Å²) in [6, 6.07) is 9.82. The van der Waals surface area contributed by atoms with Gasteiger partial charge in [-0.05, 0) is 54.3 Å². The number of hydrogen-bond donors (Lipinski definition) is 2. The molecule has 0 radical (unpaired) electrons. The molecule has 3 rings (SSSR count). The van der Waals surface area contributed by atoms with Crippen LogP contribution in [0.15, 0.2) is 36.4 Å². The van der Waals surface area contributed by atoms with Crippen LogP contribution in [0.2, 0.25) is 5.02 Å². The molecule has 21 heavy (non-hydrogen) atoms. The second-order valence-corrected chi connectivity index (χ2v) is 5.57. The van der Waals surface area contributed by atoms with E-state index in [1.165, 1.54) is 23.8 Å². The van der Waals surface area contributed by atoms with Crippen molar-refractivity contribution >= 4 is 23.2 Å². The first-order valence-corrected chi connectivity index (χ1v) is 7.06. The lowest BCUT2D eigenvalue weighted by Gasteiger charge is -2.16. The molecule has 1 aliphatic carbocycles. The van der Waals surface area contributed by atoms with Gasteiger partial charge in [-0.1, -0.05) is 17.7 Å². The maximum absolute atomic E-state index is 13.9. The molecule has 0 aromatic heterocycles. The quantitative estimate of drug-likeness (QED) is 0.909. The highest BCUT2D eigenvalue weighted by Gasteiger charge is 2.23. The Bertz CT molecular complexity index is 717. The van der Waals surface area contributed by atoms with E-state index >= 15 is 0 Å². The fraction of sp³-hybridized carbons (Fsp3) is 0.188. The summed E-state index contributed by atoms with van der Waals surface area (Å²) in [5.41, 5.74) is 8.09. The van der Waals surface area contributed by atoms with E-state index in [-0.39, 0.29) is 11.6 Å². The number of fused-ring (bicyclic) bond motifs is 1. The van der Waals surface area contributed by atoms with Crippen LogP contribution in [0.3, 0.4) is 0 Å². The second kappa shape index (κ2) is 5.37. The van der Waals surface area contributed by atoms with Gasteiger partial charge in [0.15, 0.2) is 0 Å². The summed E-state index contributed by atoms with van der Waals surface area (Å²) >= 11 is 5.98. The summed E-state index contributed by atoms with van der Waals surface area (Å²) < 4.78 is 13.9. The fourth-order valence-electron chi connectivity index (χ4n) is 2.71. The minimum absolute atomic E-state index is 0.00916. The third kappa shape index (κ3) is 2.72. The normalized spacial score (nSPS) is 16.6. The monoisotopic (exact) mass is 304 g/mol. The third-order valence-electron chi connectivity index (χ3n) is 3.76. The van der Waals surface area contributed by atoms with Crippen LogP contribution in [0.4, 0.5) is 10.1 Å². The van der Waals surface area contributed by atoms with Crippen LogP contribution < -0.4 is 11.1 Å². The molecule has 2 aromatic carbocycles. The molecule has 1 amide bonds. The number of benzene rings is 2. The number of aryl methyl sites for hydroxylation is 1. The minimum Gasteiger partial charge on any atom is -0.376 e. The Kier molecular flexibility index (Phi) is 3.55. The van der Waals surface area contributed by atoms with Crippen LogP contribution in [0.1, 0.15) is 33.9 Å². The van der Waals surface area contributed by atoms with E-state index < -0.39 is 11.7 Å². The van der Waals surface area contributed by atoms with Gasteiger partial charge in [-0.2, -0.15) is 0 Å². The molecule has 2 aromatic rings. The van der Waals surface area contributed by atoms with E-state index in [4.69, 9.17) is 17.3 Å². The topological polar surface area (TPSA) is 55.1 Å². The van der Waals surface area contributed by atoms with Crippen molar-refractivity contribution in [2.75, 3.05) is 5.32 Å². The number of nitrogens with one attached hydrogen (secondary N) is 1. The Morgan fingerprint density at radius 1 is 1.29 bits per heavy atom. The Morgan fingerprint density at radius 2 is 2.10 bits per heavy atom. The Balaban J connectivity index is 1.89. The number of carbonyl (C=O) groups is 1. The molecule has 108 valence electrons. The SMILES string of the molecule is NC(=O)c1ccc(F)c(NC2CCc3cc(Cl)ccc32)c1. The van der Waals surface area contributed by atoms with E-state index in [1.807, 2.05) is 18.2 Å². The number of nitrogens with two attached hydrogens (primary N) is 1. The number of halogens is 2. The van der Waals surface area contributed by atoms with Gasteiger partial charge >= 0.3 is 0 Å². The Hall–Kier alpha value is -2.07. The largest absolute Gasteiger partial charge is 0.376 e. The van der Waals surface area contributed by atoms with E-state index in [2.05, 4.69) is 5.32 Å². The summed E-state index contributed by atoms with van der Waals surface area (Å²) in [6.45, 7) is 0. The van der Waals surface area contributed by atoms with Gasteiger partial charge in [0.05, 0.1) is 11.7 Å². The zero-order chi connectivity index (χ0) is 15.0. The molecule has 0 aliphatic heterocycles. The van der Waals surface area contributed by atoms with Crippen molar-refractivity contribution in [3.63, 3.8) is 0 Å². The van der Waals surface area contributed by atoms with Crippen molar-refractivity contribution in [3.05, 3.63) is 63.9 Å². The van der Waals surface area contributed by atoms with Crippen molar-refractivity contribution in [2.24, 2.45) is 5.73 Å². The van der Waals surface area contributed by atoms with Gasteiger partial charge in [0.25, 0.3) is 0 Å². The molecule has 0 heterocycles. The Morgan fingerprint density at radius 3 is 2.86 bits per heavy atom. The van der Waals surface area contributed by atoms with Crippen LogP contribution in [0, 0.1) is 5.82 Å². The number of hydrogen-bond acceptors (Lipinski definition) is 2. The summed E-state index contributed by atoms with van der Waals surface area (Å²) in [4.78, 5) is 11.2. The summed E-state index contributed by atoms with van der Waals surface area (Å²) in [5, 5.41) is 3.86. The van der Waals surface area contributed by atoms with Gasteiger partial charge in [0.1, 0.15) is 5.82 Å². The lowest BCUT2D eigenvalue weighted by Crippen LogP contribution is -2.13. The average molecular weight is 305 g/mol. The van der Waals surface area contributed by atoms with Crippen LogP contribution in [0.5, 0.6) is 0 Å². The number of carbonyl (C=O) groups excluding carboxylic acids is 1. The molecule has 0 spiro atoms. The zero-order valence-electron chi connectivity index (χ0n) is 11.2. The minimum atomic E-state index is -0.573. The molecule has 1 aliphatic rings. The first-order chi connectivity index (χ1) is 10.0. The first kappa shape index (κ1) is 13.9. The lowest BCUT2D eigenvalue weighted by molar-refractivity contribution is 0.100. The van der Waals surface area contributed by atoms with Crippen molar-refractivity contribution in [1.29, 1.82) is 0 Å². The number of anilines is 1. The van der Waals surface area contributed by atoms with Gasteiger partial charge in [-0.15, -0.1) is 0 Å². The first-order valence-electron chi connectivity index (χ1n) is 6.69. The van der Waals surface area contributed by atoms with Crippen LogP contribution in [-0.4, -0.2) is 5.91 Å². The summed E-state index contributed by atoms with van der Waals surface area (Å²) in [7, 11) is 0. The van der Waals surface area contributed by atoms with Crippen molar-refractivity contribution in [3.8, 4) is 0 Å². The predicted octanol–water partition coefficient (Wildman–Crippen LogP) is 3.68. The number of amides is 1. The standard InChI is InChI=1S/C16H14ClFN2O/c17-11-3-4-12-9(7-11)2-6-14(12)20-15-8-10(16(19)21)1-5-13(15)18/h1,3-5,7-8,14,20H,2,6H2,(H2,19,21). The highest BCUT2D eigenvalue weighted by molar-refractivity contribution is 6.30. The Labute approximate surface area is 126 Å². The van der Waals surface area contributed by atoms with Crippen molar-refractivity contribution in [2.45, 2.75) is 18.9 Å². The van der Waals surface area contributed by atoms with E-state index in [0.717, 1.165) is 18.4 Å². The summed E-state index contributed by atoms with van der Waals surface area (Å²) in [6.07, 6.45) is 1.75. The zero-order valence-corrected chi connectivity index (χ0v) is 12.0. The third-order valence-corrected chi connectivity index (χ3v) is 4.00. The molecule has 1 unspecified atom stereocenters. The molecule has 1 atom stereocenters. The van der Waals surface area contributed by atoms with E-state index in [9.17, 15) is 9.18 Å². The van der Waals surface area contributed by atoms with Crippen molar-refractivity contribution < 1.29 is 9.18 Å². The van der Waals surface area contributed by atoms with Gasteiger partial charge in [0.2, 0.25) is 5.91 Å². The molecule has 5 heteroatoms. The lowest BCUT2D eigenvalue weighted by atomic mass is 10.1. The average Bonchev–Trinajstić information content (AvgIpc) is 2.83. The molecular formula is C16H14ClFN2O. The number of rotatable bonds is 3. The highest BCUT2D eigenvalue weighted by Crippen LogP contribution is 2.35. The highest BCUT2D eigenvalue weighted by atomic mass is 35.5. The van der Waals surface area contributed by atoms with E-state index in [1.54, 1.807) is 0 Å². The molecular weight excluding hydrogens is 291 g/mol. The molecule has 0 saturated heterocycles. The van der Waals surface area contributed by atoms with Gasteiger partial charge < -0.3 is 11.1 Å². The molecule has 0 fully saturated rings. The smallest absolute Gasteiger partial charge is 0.248 e. The van der Waals surface area contributed by atoms with E-state index in [0.29, 0.717) is 10.7 Å². The molecule has 3 N–H and O–H groups in total. The maximum Gasteiger partial charge on any atom is 0.248 e. The molecule has 0 saturated carbocycles. The maximum atomic E-state index is 13.9. The van der Waals surface area contributed by atoms with Gasteiger partial charge in [-0.25, -0.2) is 4.39 Å². The molecule has 3 nitrogen and oxygen atoms in total. The number of primary amides is 1. The fourth-order valence-corrected chi connectivity index (χ4v) is 2.91. The van der Waals surface area contributed by atoms with Crippen molar-refractivity contribution in [1.82, 2.24) is 0 Å². The van der Waals surface area contributed by atoms with Crippen LogP contribution in [-0.2, 0) is 6.42 Å². The van der Waals surface area contributed by atoms with Crippen LogP contribution in [0.25, 0.3) is 0 Å². The van der Waals surface area contributed by atoms with Crippen LogP contribution >= 0.6 is 11.6 Å². The van der Waals surface area contributed by atoms with Gasteiger partial charge in [-0.3, -0.25) is 4.79 Å².